The smallest absolute Gasteiger partial charge is 0.353 e. The lowest BCUT2D eigenvalue weighted by atomic mass is 10.2. The highest BCUT2D eigenvalue weighted by atomic mass is 16.5. The van der Waals surface area contributed by atoms with E-state index in [0.29, 0.717) is 13.2 Å². The lowest BCUT2D eigenvalue weighted by molar-refractivity contribution is -0.135. The van der Waals surface area contributed by atoms with Gasteiger partial charge in [-0.05, 0) is 31.5 Å². The Kier molecular flexibility index (Phi) is 6.02. The Hall–Kier alpha value is -1.88. The topological polar surface area (TPSA) is 73.9 Å². The highest BCUT2D eigenvalue weighted by Gasteiger charge is 2.16. The summed E-state index contributed by atoms with van der Waals surface area (Å²) in [5, 5.41) is 0. The van der Waals surface area contributed by atoms with Gasteiger partial charge in [0, 0.05) is 0 Å². The van der Waals surface area contributed by atoms with Crippen LogP contribution in [-0.4, -0.2) is 31.4 Å². The molecule has 0 amide bonds. The van der Waals surface area contributed by atoms with Crippen LogP contribution in [0, 0.1) is 0 Å². The molecule has 19 heavy (non-hydrogen) atoms. The van der Waals surface area contributed by atoms with Gasteiger partial charge in [0.05, 0.1) is 26.3 Å². The minimum absolute atomic E-state index is 0.262. The summed E-state index contributed by atoms with van der Waals surface area (Å²) in [6.45, 7) is 4.16. The third-order valence-corrected chi connectivity index (χ3v) is 2.51. The SMILES string of the molecule is CCOC(=O)C(=NCc1ccc(OC)cc1)C(C)N. The minimum atomic E-state index is -0.453. The first-order valence-electron chi connectivity index (χ1n) is 6.18. The molecule has 1 aromatic rings. The number of carbonyl (C=O) groups excluding carboxylic acids is 1. The van der Waals surface area contributed by atoms with E-state index < -0.39 is 12.0 Å². The Labute approximate surface area is 113 Å². The standard InChI is InChI=1S/C14H20N2O3/c1-4-19-14(17)13(10(2)15)16-9-11-5-7-12(18-3)8-6-11/h5-8,10H,4,9,15H2,1-3H3. The molecular formula is C14H20N2O3. The third kappa shape index (κ3) is 4.71. The van der Waals surface area contributed by atoms with Crippen molar-refractivity contribution >= 4 is 11.7 Å². The van der Waals surface area contributed by atoms with Gasteiger partial charge in [0.2, 0.25) is 0 Å². The molecule has 0 heterocycles. The molecule has 0 bridgehead atoms. The summed E-state index contributed by atoms with van der Waals surface area (Å²) in [6, 6.07) is 7.04. The number of esters is 1. The van der Waals surface area contributed by atoms with Gasteiger partial charge in [-0.2, -0.15) is 0 Å². The van der Waals surface area contributed by atoms with Gasteiger partial charge in [0.1, 0.15) is 11.5 Å². The van der Waals surface area contributed by atoms with Crippen molar-refractivity contribution < 1.29 is 14.3 Å². The molecule has 0 aliphatic carbocycles. The molecule has 5 heteroatoms. The van der Waals surface area contributed by atoms with Crippen LogP contribution in [0.4, 0.5) is 0 Å². The van der Waals surface area contributed by atoms with Gasteiger partial charge in [-0.15, -0.1) is 0 Å². The van der Waals surface area contributed by atoms with Crippen LogP contribution in [0.2, 0.25) is 0 Å². The van der Waals surface area contributed by atoms with Crippen LogP contribution in [0.15, 0.2) is 29.3 Å². The van der Waals surface area contributed by atoms with Crippen LogP contribution in [0.3, 0.4) is 0 Å². The molecule has 0 saturated carbocycles. The molecule has 2 N–H and O–H groups in total. The van der Waals surface area contributed by atoms with E-state index in [1.165, 1.54) is 0 Å². The maximum atomic E-state index is 11.7. The Bertz CT molecular complexity index is 439. The average Bonchev–Trinajstić information content (AvgIpc) is 2.39. The predicted octanol–water partition coefficient (Wildman–Crippen LogP) is 1.55. The summed E-state index contributed by atoms with van der Waals surface area (Å²) in [5.41, 5.74) is 6.96. The average molecular weight is 264 g/mol. The lowest BCUT2D eigenvalue weighted by Gasteiger charge is -2.09. The van der Waals surface area contributed by atoms with Crippen molar-refractivity contribution in [2.45, 2.75) is 26.4 Å². The zero-order valence-electron chi connectivity index (χ0n) is 11.6. The van der Waals surface area contributed by atoms with E-state index in [1.54, 1.807) is 21.0 Å². The monoisotopic (exact) mass is 264 g/mol. The quantitative estimate of drug-likeness (QED) is 0.625. The maximum absolute atomic E-state index is 11.7. The second-order valence-corrected chi connectivity index (χ2v) is 4.06. The van der Waals surface area contributed by atoms with Crippen LogP contribution in [-0.2, 0) is 16.1 Å². The predicted molar refractivity (Wildman–Crippen MR) is 74.4 cm³/mol. The zero-order valence-corrected chi connectivity index (χ0v) is 11.6. The summed E-state index contributed by atoms with van der Waals surface area (Å²) in [7, 11) is 1.61. The van der Waals surface area contributed by atoms with Crippen molar-refractivity contribution in [1.29, 1.82) is 0 Å². The lowest BCUT2D eigenvalue weighted by Crippen LogP contribution is -2.34. The molecule has 0 aromatic heterocycles. The molecule has 1 unspecified atom stereocenters. The molecule has 0 saturated heterocycles. The Morgan fingerprint density at radius 3 is 2.47 bits per heavy atom. The molecule has 0 radical (unpaired) electrons. The first kappa shape index (κ1) is 15.2. The van der Waals surface area contributed by atoms with Crippen molar-refractivity contribution in [3.05, 3.63) is 29.8 Å². The van der Waals surface area contributed by atoms with Crippen LogP contribution < -0.4 is 10.5 Å². The molecule has 1 atom stereocenters. The van der Waals surface area contributed by atoms with E-state index in [1.807, 2.05) is 24.3 Å². The van der Waals surface area contributed by atoms with Crippen LogP contribution in [0.1, 0.15) is 19.4 Å². The number of hydrogen-bond donors (Lipinski definition) is 1. The van der Waals surface area contributed by atoms with Crippen LogP contribution in [0.5, 0.6) is 5.75 Å². The summed E-state index contributed by atoms with van der Waals surface area (Å²) in [6.07, 6.45) is 0. The minimum Gasteiger partial charge on any atom is -0.497 e. The van der Waals surface area contributed by atoms with E-state index >= 15 is 0 Å². The number of methoxy groups -OCH3 is 1. The second-order valence-electron chi connectivity index (χ2n) is 4.06. The number of benzene rings is 1. The van der Waals surface area contributed by atoms with Gasteiger partial charge in [-0.1, -0.05) is 12.1 Å². The molecular weight excluding hydrogens is 244 g/mol. The van der Waals surface area contributed by atoms with Gasteiger partial charge in [0.15, 0.2) is 0 Å². The fraction of sp³-hybridized carbons (Fsp3) is 0.429. The molecule has 0 aliphatic heterocycles. The van der Waals surface area contributed by atoms with Crippen molar-refractivity contribution in [3.63, 3.8) is 0 Å². The number of nitrogens with two attached hydrogens (primary N) is 1. The summed E-state index contributed by atoms with van der Waals surface area (Å²) in [5.74, 6) is 0.330. The van der Waals surface area contributed by atoms with Gasteiger partial charge < -0.3 is 15.2 Å². The van der Waals surface area contributed by atoms with E-state index in [-0.39, 0.29) is 5.71 Å². The second kappa shape index (κ2) is 7.53. The van der Waals surface area contributed by atoms with Crippen molar-refractivity contribution in [3.8, 4) is 5.75 Å². The Balaban J connectivity index is 2.76. The first-order chi connectivity index (χ1) is 9.08. The van der Waals surface area contributed by atoms with Gasteiger partial charge in [0.25, 0.3) is 0 Å². The molecule has 0 spiro atoms. The number of nitrogens with zero attached hydrogens (tertiary/aromatic N) is 1. The molecule has 0 fully saturated rings. The van der Waals surface area contributed by atoms with E-state index in [9.17, 15) is 4.79 Å². The van der Waals surface area contributed by atoms with Gasteiger partial charge in [-0.3, -0.25) is 4.99 Å². The van der Waals surface area contributed by atoms with E-state index in [4.69, 9.17) is 15.2 Å². The number of aliphatic imine (C=N–C) groups is 1. The largest absolute Gasteiger partial charge is 0.497 e. The Morgan fingerprint density at radius 1 is 1.37 bits per heavy atom. The molecule has 5 nitrogen and oxygen atoms in total. The zero-order chi connectivity index (χ0) is 14.3. The van der Waals surface area contributed by atoms with Crippen molar-refractivity contribution in [2.75, 3.05) is 13.7 Å². The van der Waals surface area contributed by atoms with Crippen molar-refractivity contribution in [1.82, 2.24) is 0 Å². The van der Waals surface area contributed by atoms with E-state index in [0.717, 1.165) is 11.3 Å². The van der Waals surface area contributed by atoms with Crippen molar-refractivity contribution in [2.24, 2.45) is 10.7 Å². The normalized spacial score (nSPS) is 12.9. The fourth-order valence-electron chi connectivity index (χ4n) is 1.51. The molecule has 0 aliphatic rings. The summed E-state index contributed by atoms with van der Waals surface area (Å²) >= 11 is 0. The number of ether oxygens (including phenoxy) is 2. The molecule has 104 valence electrons. The molecule has 1 rings (SSSR count). The number of rotatable bonds is 6. The maximum Gasteiger partial charge on any atom is 0.353 e. The van der Waals surface area contributed by atoms with Gasteiger partial charge >= 0.3 is 5.97 Å². The molecule has 1 aromatic carbocycles. The summed E-state index contributed by atoms with van der Waals surface area (Å²) in [4.78, 5) is 15.9. The van der Waals surface area contributed by atoms with Crippen LogP contribution >= 0.6 is 0 Å². The first-order valence-corrected chi connectivity index (χ1v) is 6.18. The highest BCUT2D eigenvalue weighted by molar-refractivity contribution is 6.38. The fourth-order valence-corrected chi connectivity index (χ4v) is 1.51. The number of hydrogen-bond acceptors (Lipinski definition) is 5. The highest BCUT2D eigenvalue weighted by Crippen LogP contribution is 2.12. The van der Waals surface area contributed by atoms with E-state index in [2.05, 4.69) is 4.99 Å². The third-order valence-electron chi connectivity index (χ3n) is 2.51. The Morgan fingerprint density at radius 2 is 2.00 bits per heavy atom. The van der Waals surface area contributed by atoms with Gasteiger partial charge in [-0.25, -0.2) is 4.79 Å². The number of carbonyl (C=O) groups is 1. The summed E-state index contributed by atoms with van der Waals surface area (Å²) < 4.78 is 9.99. The van der Waals surface area contributed by atoms with Crippen LogP contribution in [0.25, 0.3) is 0 Å².